The number of amides is 1. The van der Waals surface area contributed by atoms with Crippen LogP contribution in [-0.2, 0) is 4.79 Å². The van der Waals surface area contributed by atoms with Gasteiger partial charge in [-0.25, -0.2) is 4.98 Å². The first-order valence-corrected chi connectivity index (χ1v) is 9.94. The van der Waals surface area contributed by atoms with Crippen molar-refractivity contribution in [1.82, 2.24) is 4.98 Å². The van der Waals surface area contributed by atoms with Gasteiger partial charge in [0.1, 0.15) is 5.82 Å². The molecule has 1 saturated heterocycles. The molecule has 1 fully saturated rings. The highest BCUT2D eigenvalue weighted by atomic mass is 32.1. The summed E-state index contributed by atoms with van der Waals surface area (Å²) in [5, 5.41) is 6.40. The van der Waals surface area contributed by atoms with Gasteiger partial charge in [0.05, 0.1) is 5.92 Å². The lowest BCUT2D eigenvalue weighted by molar-refractivity contribution is -0.120. The Kier molecular flexibility index (Phi) is 4.64. The predicted octanol–water partition coefficient (Wildman–Crippen LogP) is 4.77. The number of fused-ring (bicyclic) bond motifs is 1. The van der Waals surface area contributed by atoms with Gasteiger partial charge in [-0.3, -0.25) is 4.79 Å². The van der Waals surface area contributed by atoms with Crippen LogP contribution in [0.2, 0.25) is 0 Å². The Morgan fingerprint density at radius 1 is 1.23 bits per heavy atom. The second-order valence-corrected chi connectivity index (χ2v) is 8.07. The summed E-state index contributed by atoms with van der Waals surface area (Å²) in [4.78, 5) is 19.7. The van der Waals surface area contributed by atoms with E-state index in [4.69, 9.17) is 0 Å². The van der Waals surface area contributed by atoms with E-state index in [1.807, 2.05) is 18.3 Å². The van der Waals surface area contributed by atoms with Crippen molar-refractivity contribution in [2.24, 2.45) is 5.92 Å². The Bertz CT molecular complexity index is 929. The molecule has 4 rings (SSSR count). The van der Waals surface area contributed by atoms with Crippen molar-refractivity contribution >= 4 is 38.8 Å². The number of piperidine rings is 1. The number of hydrogen-bond acceptors (Lipinski definition) is 4. The van der Waals surface area contributed by atoms with Crippen molar-refractivity contribution in [3.05, 3.63) is 53.0 Å². The summed E-state index contributed by atoms with van der Waals surface area (Å²) >= 11 is 1.73. The van der Waals surface area contributed by atoms with Crippen molar-refractivity contribution < 1.29 is 4.79 Å². The van der Waals surface area contributed by atoms with E-state index in [0.717, 1.165) is 37.4 Å². The standard InChI is InChI=1S/C21H23N3OS/c1-14-10-15(2)12-17(11-14)23-21(25)16-4-3-8-24(13-16)20-18-6-9-26-19(18)5-7-22-20/h5-7,9-12,16H,3-4,8,13H2,1-2H3,(H,23,25). The topological polar surface area (TPSA) is 45.2 Å². The van der Waals surface area contributed by atoms with Gasteiger partial charge in [-0.2, -0.15) is 0 Å². The number of nitrogens with zero attached hydrogens (tertiary/aromatic N) is 2. The quantitative estimate of drug-likeness (QED) is 0.727. The molecule has 2 aromatic heterocycles. The van der Waals surface area contributed by atoms with Crippen LogP contribution in [0.3, 0.4) is 0 Å². The van der Waals surface area contributed by atoms with Crippen molar-refractivity contribution in [3.8, 4) is 0 Å². The van der Waals surface area contributed by atoms with Crippen molar-refractivity contribution in [3.63, 3.8) is 0 Å². The lowest BCUT2D eigenvalue weighted by Crippen LogP contribution is -2.41. The average molecular weight is 366 g/mol. The van der Waals surface area contributed by atoms with Crippen LogP contribution in [0.5, 0.6) is 0 Å². The molecular formula is C21H23N3OS. The zero-order valence-corrected chi connectivity index (χ0v) is 16.0. The Balaban J connectivity index is 1.51. The summed E-state index contributed by atoms with van der Waals surface area (Å²) in [6.07, 6.45) is 3.80. The smallest absolute Gasteiger partial charge is 0.229 e. The normalized spacial score (nSPS) is 17.5. The first kappa shape index (κ1) is 17.0. The van der Waals surface area contributed by atoms with Gasteiger partial charge in [0, 0.05) is 35.1 Å². The first-order chi connectivity index (χ1) is 12.6. The minimum absolute atomic E-state index is 0.0136. The summed E-state index contributed by atoms with van der Waals surface area (Å²) in [7, 11) is 0. The van der Waals surface area contributed by atoms with Gasteiger partial charge < -0.3 is 10.2 Å². The highest BCUT2D eigenvalue weighted by Gasteiger charge is 2.27. The fraction of sp³-hybridized carbons (Fsp3) is 0.333. The minimum Gasteiger partial charge on any atom is -0.355 e. The third-order valence-corrected chi connectivity index (χ3v) is 5.82. The fourth-order valence-corrected chi connectivity index (χ4v) is 4.58. The van der Waals surface area contributed by atoms with E-state index in [9.17, 15) is 4.79 Å². The summed E-state index contributed by atoms with van der Waals surface area (Å²) < 4.78 is 1.25. The SMILES string of the molecule is Cc1cc(C)cc(NC(=O)C2CCCN(c3nccc4sccc34)C2)c1. The summed E-state index contributed by atoms with van der Waals surface area (Å²) in [6.45, 7) is 5.78. The summed E-state index contributed by atoms with van der Waals surface area (Å²) in [5.74, 6) is 1.10. The molecule has 5 heteroatoms. The molecule has 0 bridgehead atoms. The second-order valence-electron chi connectivity index (χ2n) is 7.12. The molecule has 1 amide bonds. The number of thiophene rings is 1. The third-order valence-electron chi connectivity index (χ3n) is 4.94. The molecule has 1 aliphatic heterocycles. The highest BCUT2D eigenvalue weighted by molar-refractivity contribution is 7.17. The van der Waals surface area contributed by atoms with Gasteiger partial charge in [0.25, 0.3) is 0 Å². The number of carbonyl (C=O) groups is 1. The van der Waals surface area contributed by atoms with Gasteiger partial charge in [0.2, 0.25) is 5.91 Å². The van der Waals surface area contributed by atoms with Gasteiger partial charge >= 0.3 is 0 Å². The lowest BCUT2D eigenvalue weighted by atomic mass is 9.96. The summed E-state index contributed by atoms with van der Waals surface area (Å²) in [5.41, 5.74) is 3.22. The molecule has 1 aliphatic rings. The molecule has 3 aromatic rings. The second kappa shape index (κ2) is 7.08. The molecule has 1 N–H and O–H groups in total. The number of rotatable bonds is 3. The maximum Gasteiger partial charge on any atom is 0.229 e. The van der Waals surface area contributed by atoms with E-state index in [1.54, 1.807) is 11.3 Å². The first-order valence-electron chi connectivity index (χ1n) is 9.06. The zero-order valence-electron chi connectivity index (χ0n) is 15.2. The van der Waals surface area contributed by atoms with Crippen LogP contribution in [0.4, 0.5) is 11.5 Å². The summed E-state index contributed by atoms with van der Waals surface area (Å²) in [6, 6.07) is 10.3. The van der Waals surface area contributed by atoms with Crippen LogP contribution in [-0.4, -0.2) is 24.0 Å². The molecular weight excluding hydrogens is 342 g/mol. The molecule has 0 spiro atoms. The molecule has 26 heavy (non-hydrogen) atoms. The van der Waals surface area contributed by atoms with Crippen LogP contribution < -0.4 is 10.2 Å². The number of aryl methyl sites for hydroxylation is 2. The highest BCUT2D eigenvalue weighted by Crippen LogP contribution is 2.31. The molecule has 1 aromatic carbocycles. The van der Waals surface area contributed by atoms with Crippen LogP contribution >= 0.6 is 11.3 Å². The van der Waals surface area contributed by atoms with Crippen LogP contribution in [0.25, 0.3) is 10.1 Å². The molecule has 0 radical (unpaired) electrons. The number of carbonyl (C=O) groups excluding carboxylic acids is 1. The molecule has 3 heterocycles. The number of anilines is 2. The van der Waals surface area contributed by atoms with Crippen LogP contribution in [0.15, 0.2) is 41.9 Å². The maximum atomic E-state index is 12.8. The minimum atomic E-state index is -0.0136. The fourth-order valence-electron chi connectivity index (χ4n) is 3.81. The van der Waals surface area contributed by atoms with Gasteiger partial charge in [0.15, 0.2) is 0 Å². The molecule has 0 aliphatic carbocycles. The number of pyridine rings is 1. The predicted molar refractivity (Wildman–Crippen MR) is 109 cm³/mol. The van der Waals surface area contributed by atoms with E-state index < -0.39 is 0 Å². The van der Waals surface area contributed by atoms with Gasteiger partial charge in [-0.15, -0.1) is 11.3 Å². The third kappa shape index (κ3) is 3.44. The van der Waals surface area contributed by atoms with Crippen LogP contribution in [0, 0.1) is 19.8 Å². The molecule has 1 unspecified atom stereocenters. The Labute approximate surface area is 157 Å². The lowest BCUT2D eigenvalue weighted by Gasteiger charge is -2.33. The van der Waals surface area contributed by atoms with E-state index in [0.29, 0.717) is 0 Å². The van der Waals surface area contributed by atoms with E-state index in [2.05, 4.69) is 52.6 Å². The van der Waals surface area contributed by atoms with Crippen LogP contribution in [0.1, 0.15) is 24.0 Å². The Morgan fingerprint density at radius 2 is 2.04 bits per heavy atom. The maximum absolute atomic E-state index is 12.8. The molecule has 0 saturated carbocycles. The number of hydrogen-bond donors (Lipinski definition) is 1. The number of nitrogens with one attached hydrogen (secondary N) is 1. The zero-order chi connectivity index (χ0) is 18.1. The number of benzene rings is 1. The Morgan fingerprint density at radius 3 is 2.85 bits per heavy atom. The van der Waals surface area contributed by atoms with Crippen molar-refractivity contribution in [1.29, 1.82) is 0 Å². The van der Waals surface area contributed by atoms with Gasteiger partial charge in [-0.1, -0.05) is 6.07 Å². The molecule has 1 atom stereocenters. The monoisotopic (exact) mass is 365 g/mol. The van der Waals surface area contributed by atoms with E-state index in [1.165, 1.54) is 21.2 Å². The van der Waals surface area contributed by atoms with Gasteiger partial charge in [-0.05, 0) is 67.5 Å². The average Bonchev–Trinajstić information content (AvgIpc) is 3.09. The molecule has 4 nitrogen and oxygen atoms in total. The number of aromatic nitrogens is 1. The van der Waals surface area contributed by atoms with Crippen molar-refractivity contribution in [2.75, 3.05) is 23.3 Å². The van der Waals surface area contributed by atoms with E-state index in [-0.39, 0.29) is 11.8 Å². The molecule has 134 valence electrons. The largest absolute Gasteiger partial charge is 0.355 e. The van der Waals surface area contributed by atoms with E-state index >= 15 is 0 Å². The van der Waals surface area contributed by atoms with Crippen molar-refractivity contribution in [2.45, 2.75) is 26.7 Å². The Hall–Kier alpha value is -2.40.